The van der Waals surface area contributed by atoms with Crippen molar-refractivity contribution in [3.05, 3.63) is 125 Å². The Morgan fingerprint density at radius 2 is 1.54 bits per heavy atom. The van der Waals surface area contributed by atoms with Gasteiger partial charge in [-0.2, -0.15) is 0 Å². The third kappa shape index (κ3) is 7.68. The Bertz CT molecular complexity index is 2020. The van der Waals surface area contributed by atoms with Gasteiger partial charge in [0.2, 0.25) is 0 Å². The lowest BCUT2D eigenvalue weighted by molar-refractivity contribution is -0.296. The van der Waals surface area contributed by atoms with Gasteiger partial charge in [0.15, 0.2) is 5.60 Å². The number of carbonyl (C=O) groups is 3. The Kier molecular flexibility index (Phi) is 12.0. The first kappa shape index (κ1) is 40.9. The van der Waals surface area contributed by atoms with Crippen molar-refractivity contribution in [2.75, 3.05) is 13.2 Å². The molecule has 12 heteroatoms. The molecule has 56 heavy (non-hydrogen) atoms. The van der Waals surface area contributed by atoms with Gasteiger partial charge in [0, 0.05) is 47.7 Å². The van der Waals surface area contributed by atoms with E-state index in [4.69, 9.17) is 18.9 Å². The van der Waals surface area contributed by atoms with E-state index in [1.807, 2.05) is 54.6 Å². The van der Waals surface area contributed by atoms with Crippen molar-refractivity contribution in [1.29, 1.82) is 0 Å². The second-order valence-corrected chi connectivity index (χ2v) is 16.2. The van der Waals surface area contributed by atoms with Crippen LogP contribution in [0.5, 0.6) is 0 Å². The van der Waals surface area contributed by atoms with Gasteiger partial charge in [-0.3, -0.25) is 4.79 Å². The van der Waals surface area contributed by atoms with Crippen molar-refractivity contribution in [2.24, 2.45) is 11.3 Å². The Labute approximate surface area is 330 Å². The topological polar surface area (TPSA) is 169 Å². The lowest BCUT2D eigenvalue weighted by Crippen LogP contribution is -2.73. The van der Waals surface area contributed by atoms with Crippen molar-refractivity contribution in [2.45, 2.75) is 92.9 Å². The van der Waals surface area contributed by atoms with Crippen LogP contribution in [0.25, 0.3) is 6.08 Å². The fourth-order valence-corrected chi connectivity index (χ4v) is 9.29. The van der Waals surface area contributed by atoms with Gasteiger partial charge in [-0.25, -0.2) is 9.59 Å². The minimum Gasteiger partial charge on any atom is -0.509 e. The molecule has 1 heterocycles. The van der Waals surface area contributed by atoms with Gasteiger partial charge >= 0.3 is 17.9 Å². The predicted octanol–water partition coefficient (Wildman–Crippen LogP) is 6.37. The highest BCUT2D eigenvalue weighted by atomic mass is 32.2. The summed E-state index contributed by atoms with van der Waals surface area (Å²) in [5.74, 6) is -4.08. The number of hydrogen-bond acceptors (Lipinski definition) is 12. The van der Waals surface area contributed by atoms with Crippen LogP contribution in [0.3, 0.4) is 0 Å². The average Bonchev–Trinajstić information content (AvgIpc) is 3.17. The zero-order valence-electron chi connectivity index (χ0n) is 32.0. The molecule has 1 fully saturated rings. The fraction of sp³-hybridized carbons (Fsp3) is 0.386. The van der Waals surface area contributed by atoms with Crippen LogP contribution in [0, 0.1) is 11.3 Å². The highest BCUT2D eigenvalue weighted by Gasteiger charge is 2.69. The molecule has 2 bridgehead atoms. The van der Waals surface area contributed by atoms with E-state index in [0.717, 1.165) is 15.4 Å². The van der Waals surface area contributed by atoms with Crippen LogP contribution in [-0.4, -0.2) is 87.2 Å². The molecule has 2 aliphatic carbocycles. The summed E-state index contributed by atoms with van der Waals surface area (Å²) in [5.41, 5.74) is -3.66. The van der Waals surface area contributed by atoms with E-state index in [9.17, 15) is 34.8 Å². The lowest BCUT2D eigenvalue weighted by atomic mass is 9.53. The number of esters is 3. The largest absolute Gasteiger partial charge is 0.509 e. The molecule has 7 atom stereocenters. The summed E-state index contributed by atoms with van der Waals surface area (Å²) >= 11 is 1.61. The number of rotatable bonds is 11. The molecule has 0 saturated carbocycles. The molecule has 0 radical (unpaired) electrons. The minimum atomic E-state index is -2.13. The van der Waals surface area contributed by atoms with E-state index in [-0.39, 0.29) is 42.8 Å². The monoisotopic (exact) mass is 784 g/mol. The maximum atomic E-state index is 14.0. The van der Waals surface area contributed by atoms with Crippen molar-refractivity contribution in [3.63, 3.8) is 0 Å². The number of hydrogen-bond donors (Lipinski definition) is 4. The number of aliphatic hydroxyl groups is 4. The first-order chi connectivity index (χ1) is 26.6. The molecule has 1 aliphatic heterocycles. The number of ether oxygens (including phenoxy) is 4. The van der Waals surface area contributed by atoms with Crippen LogP contribution >= 0.6 is 11.8 Å². The van der Waals surface area contributed by atoms with Crippen LogP contribution in [0.2, 0.25) is 0 Å². The number of carbonyl (C=O) groups excluding carboxylic acids is 3. The van der Waals surface area contributed by atoms with Crippen LogP contribution in [0.15, 0.2) is 123 Å². The SMILES string of the molecule is CC(=O)O[C@@]1([C@@H]2/C(C)=C(/O)[C@H](O)C3=C(C)[C@@H](OC(=O)/C=C/c4ccc(Sc5ccccc5)cc4)C[C@@](O)([C@H]2OC(=O)c2ccccc2)C3(C)C)COC1CCO. The maximum Gasteiger partial charge on any atom is 0.338 e. The molecule has 3 aromatic rings. The molecule has 4 N–H and O–H groups in total. The highest BCUT2D eigenvalue weighted by Crippen LogP contribution is 2.59. The van der Waals surface area contributed by atoms with E-state index in [1.165, 1.54) is 19.9 Å². The Balaban J connectivity index is 1.40. The van der Waals surface area contributed by atoms with E-state index in [1.54, 1.807) is 68.9 Å². The zero-order chi connectivity index (χ0) is 40.4. The molecule has 6 rings (SSSR count). The van der Waals surface area contributed by atoms with Crippen LogP contribution in [0.1, 0.15) is 63.4 Å². The molecular weight excluding hydrogens is 737 g/mol. The molecule has 0 aromatic heterocycles. The molecule has 296 valence electrons. The van der Waals surface area contributed by atoms with Gasteiger partial charge in [0.05, 0.1) is 18.1 Å². The van der Waals surface area contributed by atoms with E-state index < -0.39 is 70.6 Å². The molecule has 1 unspecified atom stereocenters. The van der Waals surface area contributed by atoms with E-state index in [0.29, 0.717) is 5.57 Å². The van der Waals surface area contributed by atoms with Gasteiger partial charge in [-0.15, -0.1) is 0 Å². The van der Waals surface area contributed by atoms with Crippen molar-refractivity contribution in [3.8, 4) is 0 Å². The van der Waals surface area contributed by atoms with Crippen LogP contribution < -0.4 is 0 Å². The summed E-state index contributed by atoms with van der Waals surface area (Å²) in [6.07, 6.45) is -2.78. The van der Waals surface area contributed by atoms with Crippen LogP contribution in [-0.2, 0) is 28.5 Å². The first-order valence-electron chi connectivity index (χ1n) is 18.5. The smallest absolute Gasteiger partial charge is 0.338 e. The summed E-state index contributed by atoms with van der Waals surface area (Å²) in [6.45, 7) is 7.10. The van der Waals surface area contributed by atoms with Gasteiger partial charge in [0.25, 0.3) is 0 Å². The number of fused-ring (bicyclic) bond motifs is 2. The number of benzene rings is 3. The van der Waals surface area contributed by atoms with Crippen LogP contribution in [0.4, 0.5) is 0 Å². The molecule has 0 spiro atoms. The third-order valence-corrected chi connectivity index (χ3v) is 12.4. The summed E-state index contributed by atoms with van der Waals surface area (Å²) in [4.78, 5) is 42.4. The third-order valence-electron chi connectivity index (χ3n) is 11.4. The summed E-state index contributed by atoms with van der Waals surface area (Å²) < 4.78 is 24.2. The first-order valence-corrected chi connectivity index (χ1v) is 19.4. The predicted molar refractivity (Wildman–Crippen MR) is 208 cm³/mol. The molecule has 3 aromatic carbocycles. The zero-order valence-corrected chi connectivity index (χ0v) is 32.8. The van der Waals surface area contributed by atoms with Gasteiger partial charge in [0.1, 0.15) is 35.8 Å². The van der Waals surface area contributed by atoms with Crippen molar-refractivity contribution >= 4 is 35.7 Å². The number of aliphatic hydroxyl groups excluding tert-OH is 3. The summed E-state index contributed by atoms with van der Waals surface area (Å²) in [7, 11) is 0. The van der Waals surface area contributed by atoms with Crippen molar-refractivity contribution in [1.82, 2.24) is 0 Å². The molecule has 1 saturated heterocycles. The second kappa shape index (κ2) is 16.4. The Morgan fingerprint density at radius 3 is 2.12 bits per heavy atom. The summed E-state index contributed by atoms with van der Waals surface area (Å²) in [5, 5.41) is 47.1. The van der Waals surface area contributed by atoms with Crippen molar-refractivity contribution < 1.29 is 53.8 Å². The normalized spacial score (nSPS) is 29.8. The second-order valence-electron chi connectivity index (χ2n) is 15.1. The quantitative estimate of drug-likeness (QED) is 0.0735. The molecular formula is C44H48O11S. The fourth-order valence-electron chi connectivity index (χ4n) is 8.45. The Hall–Kier alpha value is -4.72. The van der Waals surface area contributed by atoms with Gasteiger partial charge < -0.3 is 39.4 Å². The standard InChI is InChI=1S/C44H48O11S/c1-26-33(53-35(47)21-18-29-16-19-32(20-17-29)56-31-14-10-7-11-15-31)24-44(51)40(54-41(50)30-12-8-6-9-13-30)37(27(2)38(48)39(49)36(26)42(44,4)5)43(55-28(3)46)25-52-34(43)22-23-45/h6-21,33-34,37,39-40,45,48-49,51H,22-25H2,1-5H3/b21-18+,38-27+/t33-,34?,37+,39+,40-,43-,44+/m0/s1. The maximum absolute atomic E-state index is 14.0. The molecule has 3 aliphatic rings. The molecule has 0 amide bonds. The highest BCUT2D eigenvalue weighted by molar-refractivity contribution is 7.99. The van der Waals surface area contributed by atoms with Gasteiger partial charge in [-0.1, -0.05) is 74.1 Å². The summed E-state index contributed by atoms with van der Waals surface area (Å²) in [6, 6.07) is 25.7. The lowest BCUT2D eigenvalue weighted by Gasteiger charge is -2.61. The van der Waals surface area contributed by atoms with E-state index in [2.05, 4.69) is 0 Å². The average molecular weight is 785 g/mol. The molecule has 11 nitrogen and oxygen atoms in total. The van der Waals surface area contributed by atoms with E-state index >= 15 is 0 Å². The van der Waals surface area contributed by atoms with Gasteiger partial charge in [-0.05, 0) is 78.6 Å². The Morgan fingerprint density at radius 1 is 0.911 bits per heavy atom. The minimum absolute atomic E-state index is 0.00692.